The van der Waals surface area contributed by atoms with Crippen molar-refractivity contribution in [3.63, 3.8) is 0 Å². The van der Waals surface area contributed by atoms with Crippen LogP contribution >= 0.6 is 35.0 Å². The highest BCUT2D eigenvalue weighted by atomic mass is 35.5. The van der Waals surface area contributed by atoms with Crippen LogP contribution in [0.15, 0.2) is 53.7 Å². The van der Waals surface area contributed by atoms with Crippen molar-refractivity contribution in [1.29, 1.82) is 0 Å². The van der Waals surface area contributed by atoms with Crippen LogP contribution in [0.5, 0.6) is 0 Å². The summed E-state index contributed by atoms with van der Waals surface area (Å²) >= 11 is 13.9. The van der Waals surface area contributed by atoms with Crippen molar-refractivity contribution in [3.8, 4) is 5.69 Å². The molecular formula is C22H24Cl2N4OS. The Balaban J connectivity index is 1.77. The molecule has 30 heavy (non-hydrogen) atoms. The van der Waals surface area contributed by atoms with Crippen LogP contribution in [-0.4, -0.2) is 33.0 Å². The number of thioether (sulfide) groups is 1. The van der Waals surface area contributed by atoms with Crippen LogP contribution in [0, 0.1) is 0 Å². The lowest BCUT2D eigenvalue weighted by Gasteiger charge is -2.11. The first-order valence-electron chi connectivity index (χ1n) is 9.91. The molecular weight excluding hydrogens is 439 g/mol. The second-order valence-corrected chi connectivity index (χ2v) is 8.67. The zero-order valence-corrected chi connectivity index (χ0v) is 19.1. The van der Waals surface area contributed by atoms with Gasteiger partial charge in [-0.05, 0) is 36.6 Å². The summed E-state index contributed by atoms with van der Waals surface area (Å²) in [5, 5.41) is 13.5. The molecule has 8 heteroatoms. The van der Waals surface area contributed by atoms with Crippen LogP contribution in [-0.2, 0) is 11.2 Å². The van der Waals surface area contributed by atoms with Crippen molar-refractivity contribution in [1.82, 2.24) is 20.1 Å². The van der Waals surface area contributed by atoms with Crippen molar-refractivity contribution in [3.05, 3.63) is 70.0 Å². The van der Waals surface area contributed by atoms with Crippen molar-refractivity contribution in [2.24, 2.45) is 0 Å². The van der Waals surface area contributed by atoms with Crippen molar-refractivity contribution in [2.75, 3.05) is 12.3 Å². The monoisotopic (exact) mass is 462 g/mol. The van der Waals surface area contributed by atoms with Gasteiger partial charge in [0.15, 0.2) is 5.16 Å². The minimum atomic E-state index is 0.0909. The SMILES string of the molecule is CCCNC(=O)CCCSc1nnc(Cc2ccccc2)n1-c1ccc(Cl)c(Cl)c1. The van der Waals surface area contributed by atoms with E-state index in [0.29, 0.717) is 22.9 Å². The molecule has 5 nitrogen and oxygen atoms in total. The number of aromatic nitrogens is 3. The van der Waals surface area contributed by atoms with Gasteiger partial charge in [-0.1, -0.05) is 72.2 Å². The van der Waals surface area contributed by atoms with Crippen molar-refractivity contribution in [2.45, 2.75) is 37.8 Å². The van der Waals surface area contributed by atoms with Gasteiger partial charge < -0.3 is 5.32 Å². The maximum absolute atomic E-state index is 11.8. The summed E-state index contributed by atoms with van der Waals surface area (Å²) in [6.07, 6.45) is 2.86. The van der Waals surface area contributed by atoms with Crippen LogP contribution in [0.3, 0.4) is 0 Å². The maximum Gasteiger partial charge on any atom is 0.220 e. The fourth-order valence-electron chi connectivity index (χ4n) is 2.92. The van der Waals surface area contributed by atoms with E-state index in [-0.39, 0.29) is 5.91 Å². The highest BCUT2D eigenvalue weighted by Crippen LogP contribution is 2.29. The van der Waals surface area contributed by atoms with E-state index >= 15 is 0 Å². The third-order valence-electron chi connectivity index (χ3n) is 4.42. The smallest absolute Gasteiger partial charge is 0.220 e. The number of carbonyl (C=O) groups excluding carboxylic acids is 1. The summed E-state index contributed by atoms with van der Waals surface area (Å²) in [7, 11) is 0. The van der Waals surface area contributed by atoms with Crippen molar-refractivity contribution >= 4 is 40.9 Å². The number of amides is 1. The molecule has 1 aromatic heterocycles. The molecule has 0 atom stereocenters. The molecule has 1 N–H and O–H groups in total. The molecule has 0 unspecified atom stereocenters. The van der Waals surface area contributed by atoms with Gasteiger partial charge in [-0.15, -0.1) is 10.2 Å². The van der Waals surface area contributed by atoms with Gasteiger partial charge >= 0.3 is 0 Å². The first-order valence-corrected chi connectivity index (χ1v) is 11.7. The number of benzene rings is 2. The number of nitrogens with zero attached hydrogens (tertiary/aromatic N) is 3. The van der Waals surface area contributed by atoms with Gasteiger partial charge in [0.25, 0.3) is 0 Å². The fourth-order valence-corrected chi connectivity index (χ4v) is 4.12. The summed E-state index contributed by atoms with van der Waals surface area (Å²) < 4.78 is 2.01. The Hall–Kier alpha value is -2.02. The van der Waals surface area contributed by atoms with Gasteiger partial charge in [-0.2, -0.15) is 0 Å². The standard InChI is InChI=1S/C22H24Cl2N4OS/c1-2-12-25-21(29)9-6-13-30-22-27-26-20(14-16-7-4-3-5-8-16)28(22)17-10-11-18(23)19(24)15-17/h3-5,7-8,10-11,15H,2,6,9,12-14H2,1H3,(H,25,29). The van der Waals surface area contributed by atoms with Gasteiger partial charge in [0.1, 0.15) is 5.82 Å². The van der Waals surface area contributed by atoms with E-state index in [1.165, 1.54) is 0 Å². The molecule has 0 aliphatic rings. The third kappa shape index (κ3) is 6.24. The number of hydrogen-bond donors (Lipinski definition) is 1. The molecule has 1 heterocycles. The molecule has 0 radical (unpaired) electrons. The van der Waals surface area contributed by atoms with E-state index in [9.17, 15) is 4.79 Å². The van der Waals surface area contributed by atoms with Crippen LogP contribution in [0.2, 0.25) is 10.0 Å². The number of halogens is 2. The predicted molar refractivity (Wildman–Crippen MR) is 124 cm³/mol. The molecule has 0 saturated carbocycles. The second kappa shape index (κ2) is 11.4. The Bertz CT molecular complexity index is 979. The molecule has 158 valence electrons. The van der Waals surface area contributed by atoms with Gasteiger partial charge in [-0.25, -0.2) is 0 Å². The summed E-state index contributed by atoms with van der Waals surface area (Å²) in [4.78, 5) is 11.8. The number of hydrogen-bond acceptors (Lipinski definition) is 4. The lowest BCUT2D eigenvalue weighted by molar-refractivity contribution is -0.121. The van der Waals surface area contributed by atoms with E-state index in [0.717, 1.165) is 47.4 Å². The predicted octanol–water partition coefficient (Wildman–Crippen LogP) is 5.56. The van der Waals surface area contributed by atoms with E-state index in [2.05, 4.69) is 27.6 Å². The summed E-state index contributed by atoms with van der Waals surface area (Å²) in [6, 6.07) is 15.6. The number of nitrogens with one attached hydrogen (secondary N) is 1. The van der Waals surface area contributed by atoms with E-state index < -0.39 is 0 Å². The van der Waals surface area contributed by atoms with Crippen LogP contribution in [0.4, 0.5) is 0 Å². The lowest BCUT2D eigenvalue weighted by atomic mass is 10.1. The Kier molecular flexibility index (Phi) is 8.61. The first-order chi connectivity index (χ1) is 14.6. The normalized spacial score (nSPS) is 10.9. The molecule has 0 aliphatic carbocycles. The topological polar surface area (TPSA) is 59.8 Å². The molecule has 0 spiro atoms. The zero-order chi connectivity index (χ0) is 21.3. The third-order valence-corrected chi connectivity index (χ3v) is 6.17. The molecule has 0 saturated heterocycles. The Morgan fingerprint density at radius 3 is 2.63 bits per heavy atom. The molecule has 0 bridgehead atoms. The highest BCUT2D eigenvalue weighted by Gasteiger charge is 2.16. The van der Waals surface area contributed by atoms with Gasteiger partial charge in [0, 0.05) is 25.1 Å². The Labute approximate surface area is 191 Å². The average molecular weight is 463 g/mol. The number of rotatable bonds is 10. The Morgan fingerprint density at radius 2 is 1.90 bits per heavy atom. The highest BCUT2D eigenvalue weighted by molar-refractivity contribution is 7.99. The van der Waals surface area contributed by atoms with Crippen LogP contribution in [0.1, 0.15) is 37.6 Å². The lowest BCUT2D eigenvalue weighted by Crippen LogP contribution is -2.23. The average Bonchev–Trinajstić information content (AvgIpc) is 3.14. The summed E-state index contributed by atoms with van der Waals surface area (Å²) in [6.45, 7) is 2.76. The minimum Gasteiger partial charge on any atom is -0.356 e. The van der Waals surface area contributed by atoms with Crippen LogP contribution < -0.4 is 5.32 Å². The quantitative estimate of drug-likeness (QED) is 0.316. The number of carbonyl (C=O) groups is 1. The van der Waals surface area contributed by atoms with E-state index in [4.69, 9.17) is 23.2 Å². The maximum atomic E-state index is 11.8. The molecule has 2 aromatic carbocycles. The minimum absolute atomic E-state index is 0.0909. The molecule has 3 aromatic rings. The van der Waals surface area contributed by atoms with Gasteiger partial charge in [-0.3, -0.25) is 9.36 Å². The first kappa shape index (κ1) is 22.7. The molecule has 3 rings (SSSR count). The van der Waals surface area contributed by atoms with Crippen molar-refractivity contribution < 1.29 is 4.79 Å². The summed E-state index contributed by atoms with van der Waals surface area (Å²) in [5.74, 6) is 1.68. The summed E-state index contributed by atoms with van der Waals surface area (Å²) in [5.41, 5.74) is 2.01. The second-order valence-electron chi connectivity index (χ2n) is 6.80. The van der Waals surface area contributed by atoms with Gasteiger partial charge in [0.2, 0.25) is 5.91 Å². The van der Waals surface area contributed by atoms with E-state index in [1.807, 2.05) is 41.8 Å². The van der Waals surface area contributed by atoms with Gasteiger partial charge in [0.05, 0.1) is 15.7 Å². The molecule has 0 fully saturated rings. The Morgan fingerprint density at radius 1 is 1.10 bits per heavy atom. The fraction of sp³-hybridized carbons (Fsp3) is 0.318. The van der Waals surface area contributed by atoms with E-state index in [1.54, 1.807) is 17.8 Å². The molecule has 0 aliphatic heterocycles. The zero-order valence-electron chi connectivity index (χ0n) is 16.8. The largest absolute Gasteiger partial charge is 0.356 e. The van der Waals surface area contributed by atoms with Crippen LogP contribution in [0.25, 0.3) is 5.69 Å². The molecule has 1 amide bonds.